The van der Waals surface area contributed by atoms with Gasteiger partial charge < -0.3 is 21.1 Å². The number of hydrogen-bond donors (Lipinski definition) is 4. The zero-order valence-electron chi connectivity index (χ0n) is 8.24. The molecule has 6 heteroatoms. The van der Waals surface area contributed by atoms with Crippen molar-refractivity contribution in [1.29, 1.82) is 0 Å². The van der Waals surface area contributed by atoms with Gasteiger partial charge in [0.25, 0.3) is 5.92 Å². The summed E-state index contributed by atoms with van der Waals surface area (Å²) < 4.78 is 26.5. The normalized spacial score (nSPS) is 26.7. The second-order valence-electron chi connectivity index (χ2n) is 4.03. The Morgan fingerprint density at radius 1 is 1.19 bits per heavy atom. The van der Waals surface area contributed by atoms with Gasteiger partial charge in [-0.05, 0) is 0 Å². The van der Waals surface area contributed by atoms with Crippen molar-refractivity contribution in [3.05, 3.63) is 17.7 Å². The van der Waals surface area contributed by atoms with Crippen LogP contribution in [0.3, 0.4) is 0 Å². The van der Waals surface area contributed by atoms with Crippen LogP contribution in [0.1, 0.15) is 12.0 Å². The second-order valence-corrected chi connectivity index (χ2v) is 4.03. The Kier molecular flexibility index (Phi) is 2.03. The quantitative estimate of drug-likeness (QED) is 0.612. The fourth-order valence-corrected chi connectivity index (χ4v) is 2.02. The Morgan fingerprint density at radius 2 is 1.62 bits per heavy atom. The largest absolute Gasteiger partial charge is 0.508 e. The predicted octanol–water partition coefficient (Wildman–Crippen LogP) is 1.04. The molecule has 0 heterocycles. The minimum Gasteiger partial charge on any atom is -0.508 e. The van der Waals surface area contributed by atoms with Gasteiger partial charge in [-0.25, -0.2) is 8.78 Å². The fraction of sp³-hybridized carbons (Fsp3) is 0.400. The maximum atomic E-state index is 13.2. The molecule has 16 heavy (non-hydrogen) atoms. The third-order valence-electron chi connectivity index (χ3n) is 3.01. The summed E-state index contributed by atoms with van der Waals surface area (Å²) >= 11 is 0. The molecule has 1 aromatic carbocycles. The third-order valence-corrected chi connectivity index (χ3v) is 3.01. The molecule has 0 bridgehead atoms. The molecule has 0 saturated heterocycles. The highest BCUT2D eigenvalue weighted by Crippen LogP contribution is 2.64. The van der Waals surface area contributed by atoms with Crippen molar-refractivity contribution in [2.24, 2.45) is 5.73 Å². The summed E-state index contributed by atoms with van der Waals surface area (Å²) in [6.45, 7) is -0.383. The SMILES string of the molecule is NCC1(c2c(O)cc(O)cc2O)CC1(F)F. The highest BCUT2D eigenvalue weighted by molar-refractivity contribution is 5.57. The molecule has 0 aromatic heterocycles. The van der Waals surface area contributed by atoms with Crippen LogP contribution in [0.5, 0.6) is 17.2 Å². The molecule has 1 aliphatic carbocycles. The van der Waals surface area contributed by atoms with E-state index in [1.54, 1.807) is 0 Å². The van der Waals surface area contributed by atoms with Crippen LogP contribution < -0.4 is 5.73 Å². The number of phenols is 3. The molecule has 1 saturated carbocycles. The standard InChI is InChI=1S/C10H11F2NO3/c11-10(12)3-9(10,4-13)8-6(15)1-5(14)2-7(8)16/h1-2,14-16H,3-4,13H2. The second kappa shape index (κ2) is 2.98. The molecule has 2 rings (SSSR count). The van der Waals surface area contributed by atoms with E-state index in [9.17, 15) is 19.0 Å². The van der Waals surface area contributed by atoms with E-state index in [0.29, 0.717) is 0 Å². The first kappa shape index (κ1) is 10.9. The number of nitrogens with two attached hydrogens (primary N) is 1. The molecule has 88 valence electrons. The first-order valence-electron chi connectivity index (χ1n) is 4.67. The average molecular weight is 231 g/mol. The molecule has 1 aliphatic rings. The van der Waals surface area contributed by atoms with Crippen LogP contribution in [-0.4, -0.2) is 27.8 Å². The van der Waals surface area contributed by atoms with Crippen molar-refractivity contribution in [2.75, 3.05) is 6.54 Å². The highest BCUT2D eigenvalue weighted by Gasteiger charge is 2.72. The monoisotopic (exact) mass is 231 g/mol. The molecule has 1 aromatic rings. The molecular weight excluding hydrogens is 220 g/mol. The molecule has 4 nitrogen and oxygen atoms in total. The van der Waals surface area contributed by atoms with Gasteiger partial charge in [-0.1, -0.05) is 0 Å². The Morgan fingerprint density at radius 3 is 1.94 bits per heavy atom. The summed E-state index contributed by atoms with van der Waals surface area (Å²) in [6, 6.07) is 1.81. The maximum absolute atomic E-state index is 13.2. The summed E-state index contributed by atoms with van der Waals surface area (Å²) in [5.41, 5.74) is 3.28. The van der Waals surface area contributed by atoms with Gasteiger partial charge in [0, 0.05) is 30.7 Å². The topological polar surface area (TPSA) is 86.7 Å². The van der Waals surface area contributed by atoms with E-state index in [1.165, 1.54) is 0 Å². The molecular formula is C10H11F2NO3. The number of halogens is 2. The van der Waals surface area contributed by atoms with Crippen molar-refractivity contribution in [3.63, 3.8) is 0 Å². The van der Waals surface area contributed by atoms with Gasteiger partial charge in [0.2, 0.25) is 0 Å². The van der Waals surface area contributed by atoms with E-state index in [1.807, 2.05) is 0 Å². The zero-order chi connectivity index (χ0) is 12.1. The van der Waals surface area contributed by atoms with Crippen molar-refractivity contribution in [1.82, 2.24) is 0 Å². The van der Waals surface area contributed by atoms with Crippen LogP contribution in [0.4, 0.5) is 8.78 Å². The molecule has 0 radical (unpaired) electrons. The van der Waals surface area contributed by atoms with E-state index >= 15 is 0 Å². The van der Waals surface area contributed by atoms with Crippen LogP contribution in [0.25, 0.3) is 0 Å². The van der Waals surface area contributed by atoms with Gasteiger partial charge in [-0.2, -0.15) is 0 Å². The first-order valence-corrected chi connectivity index (χ1v) is 4.67. The van der Waals surface area contributed by atoms with Gasteiger partial charge in [-0.15, -0.1) is 0 Å². The van der Waals surface area contributed by atoms with E-state index in [-0.39, 0.29) is 12.1 Å². The minimum atomic E-state index is -3.03. The molecule has 1 atom stereocenters. The van der Waals surface area contributed by atoms with E-state index < -0.39 is 35.0 Å². The summed E-state index contributed by atoms with van der Waals surface area (Å²) in [6.07, 6.45) is -0.512. The van der Waals surface area contributed by atoms with Crippen molar-refractivity contribution < 1.29 is 24.1 Å². The molecule has 0 aliphatic heterocycles. The van der Waals surface area contributed by atoms with Crippen LogP contribution >= 0.6 is 0 Å². The third kappa shape index (κ3) is 1.23. The van der Waals surface area contributed by atoms with Crippen molar-refractivity contribution in [3.8, 4) is 17.2 Å². The molecule has 1 unspecified atom stereocenters. The van der Waals surface area contributed by atoms with E-state index in [4.69, 9.17) is 10.8 Å². The number of phenolic OH excluding ortho intramolecular Hbond substituents is 3. The first-order chi connectivity index (χ1) is 7.34. The number of alkyl halides is 2. The molecule has 1 fully saturated rings. The smallest absolute Gasteiger partial charge is 0.260 e. The number of benzene rings is 1. The molecule has 5 N–H and O–H groups in total. The Hall–Kier alpha value is -1.56. The van der Waals surface area contributed by atoms with Crippen LogP contribution in [-0.2, 0) is 5.41 Å². The summed E-state index contributed by atoms with van der Waals surface area (Å²) in [5, 5.41) is 28.1. The lowest BCUT2D eigenvalue weighted by molar-refractivity contribution is 0.0881. The van der Waals surface area contributed by atoms with Crippen LogP contribution in [0.15, 0.2) is 12.1 Å². The van der Waals surface area contributed by atoms with E-state index in [0.717, 1.165) is 12.1 Å². The lowest BCUT2D eigenvalue weighted by atomic mass is 9.93. The van der Waals surface area contributed by atoms with Gasteiger partial charge in [0.1, 0.15) is 17.2 Å². The minimum absolute atomic E-state index is 0.294. The van der Waals surface area contributed by atoms with Gasteiger partial charge >= 0.3 is 0 Å². The maximum Gasteiger partial charge on any atom is 0.260 e. The Labute approximate surface area is 89.9 Å². The van der Waals surface area contributed by atoms with Gasteiger partial charge in [-0.3, -0.25) is 0 Å². The summed E-state index contributed by atoms with van der Waals surface area (Å²) in [7, 11) is 0. The van der Waals surface area contributed by atoms with Crippen molar-refractivity contribution in [2.45, 2.75) is 17.8 Å². The van der Waals surface area contributed by atoms with Crippen LogP contribution in [0, 0.1) is 0 Å². The average Bonchev–Trinajstić information content (AvgIpc) is 2.67. The lowest BCUT2D eigenvalue weighted by Gasteiger charge is -2.17. The van der Waals surface area contributed by atoms with Gasteiger partial charge in [0.15, 0.2) is 0 Å². The van der Waals surface area contributed by atoms with E-state index in [2.05, 4.69) is 0 Å². The molecule has 0 spiro atoms. The summed E-state index contributed by atoms with van der Waals surface area (Å²) in [4.78, 5) is 0. The van der Waals surface area contributed by atoms with Gasteiger partial charge in [0.05, 0.1) is 5.41 Å². The Bertz CT molecular complexity index is 427. The molecule has 0 amide bonds. The number of aromatic hydroxyl groups is 3. The number of hydrogen-bond acceptors (Lipinski definition) is 4. The van der Waals surface area contributed by atoms with Crippen molar-refractivity contribution >= 4 is 0 Å². The zero-order valence-corrected chi connectivity index (χ0v) is 8.24. The van der Waals surface area contributed by atoms with Crippen LogP contribution in [0.2, 0.25) is 0 Å². The Balaban J connectivity index is 2.58. The fourth-order valence-electron chi connectivity index (χ4n) is 2.02. The summed E-state index contributed by atoms with van der Waals surface area (Å²) in [5.74, 6) is -4.57. The lowest BCUT2D eigenvalue weighted by Crippen LogP contribution is -2.27. The predicted molar refractivity (Wildman–Crippen MR) is 51.7 cm³/mol. The number of rotatable bonds is 2. The highest BCUT2D eigenvalue weighted by atomic mass is 19.3.